The summed E-state index contributed by atoms with van der Waals surface area (Å²) in [7, 11) is 1.59. The lowest BCUT2D eigenvalue weighted by Crippen LogP contribution is -2.38. The molecule has 0 saturated carbocycles. The molecule has 0 aromatic heterocycles. The van der Waals surface area contributed by atoms with Gasteiger partial charge in [0.1, 0.15) is 11.6 Å². The molecule has 1 unspecified atom stereocenters. The van der Waals surface area contributed by atoms with Crippen molar-refractivity contribution >= 4 is 17.5 Å². The lowest BCUT2D eigenvalue weighted by molar-refractivity contribution is -0.138. The van der Waals surface area contributed by atoms with E-state index in [9.17, 15) is 13.2 Å². The van der Waals surface area contributed by atoms with Gasteiger partial charge in [0.05, 0.1) is 30.9 Å². The average molecular weight is 402 g/mol. The van der Waals surface area contributed by atoms with Gasteiger partial charge in [-0.25, -0.2) is 4.99 Å². The molecule has 2 aliphatic rings. The summed E-state index contributed by atoms with van der Waals surface area (Å²) in [6, 6.07) is 9.56. The molecule has 0 bridgehead atoms. The summed E-state index contributed by atoms with van der Waals surface area (Å²) in [5.74, 6) is 1.86. The van der Waals surface area contributed by atoms with E-state index < -0.39 is 11.7 Å². The number of aliphatic imine (C=N–C) groups is 2. The maximum Gasteiger partial charge on any atom is 0.416 e. The van der Waals surface area contributed by atoms with Crippen molar-refractivity contribution in [1.29, 1.82) is 0 Å². The molecule has 1 N–H and O–H groups in total. The van der Waals surface area contributed by atoms with E-state index in [1.54, 1.807) is 13.2 Å². The van der Waals surface area contributed by atoms with Crippen LogP contribution in [-0.4, -0.2) is 32.0 Å². The predicted molar refractivity (Wildman–Crippen MR) is 107 cm³/mol. The number of hydrogen-bond donors (Lipinski definition) is 1. The van der Waals surface area contributed by atoms with Gasteiger partial charge >= 0.3 is 6.18 Å². The standard InChI is InChI=1S/C21H21F3N4O/c1-12-15(5-4-6-17(12)21(22,23)24)13(2)26-19-16-11-14(29-3)7-8-18(16)28-10-9-25-20(28)27-19/h4-8,11,13H,9-10H2,1-3H3,(H,25,26,27). The Morgan fingerprint density at radius 1 is 1.21 bits per heavy atom. The van der Waals surface area contributed by atoms with Crippen LogP contribution in [0.4, 0.5) is 18.9 Å². The molecule has 0 spiro atoms. The third-order valence-electron chi connectivity index (χ3n) is 5.28. The number of amidine groups is 1. The zero-order chi connectivity index (χ0) is 20.8. The minimum Gasteiger partial charge on any atom is -0.497 e. The van der Waals surface area contributed by atoms with E-state index in [4.69, 9.17) is 4.74 Å². The van der Waals surface area contributed by atoms with Crippen molar-refractivity contribution in [3.8, 4) is 5.75 Å². The fourth-order valence-electron chi connectivity index (χ4n) is 3.81. The van der Waals surface area contributed by atoms with Crippen molar-refractivity contribution in [2.45, 2.75) is 26.1 Å². The number of methoxy groups -OCH3 is 1. The molecule has 1 atom stereocenters. The third-order valence-corrected chi connectivity index (χ3v) is 5.28. The number of guanidine groups is 1. The molecule has 5 nitrogen and oxygen atoms in total. The Hall–Kier alpha value is -3.03. The second-order valence-corrected chi connectivity index (χ2v) is 7.06. The van der Waals surface area contributed by atoms with Crippen LogP contribution in [-0.2, 0) is 6.18 Å². The topological polar surface area (TPSA) is 49.2 Å². The number of benzene rings is 2. The molecule has 0 fully saturated rings. The summed E-state index contributed by atoms with van der Waals surface area (Å²) in [5.41, 5.74) is 1.95. The summed E-state index contributed by atoms with van der Waals surface area (Å²) in [5, 5.41) is 3.29. The highest BCUT2D eigenvalue weighted by atomic mass is 19.4. The highest BCUT2D eigenvalue weighted by Crippen LogP contribution is 2.35. The van der Waals surface area contributed by atoms with Gasteiger partial charge in [-0.05, 0) is 49.2 Å². The number of nitrogens with one attached hydrogen (secondary N) is 1. The van der Waals surface area contributed by atoms with Gasteiger partial charge in [-0.3, -0.25) is 0 Å². The maximum atomic E-state index is 13.3. The first-order valence-corrected chi connectivity index (χ1v) is 9.32. The lowest BCUT2D eigenvalue weighted by Gasteiger charge is -2.29. The van der Waals surface area contributed by atoms with E-state index in [1.165, 1.54) is 13.0 Å². The smallest absolute Gasteiger partial charge is 0.416 e. The highest BCUT2D eigenvalue weighted by Gasteiger charge is 2.34. The Balaban J connectivity index is 1.71. The van der Waals surface area contributed by atoms with Crippen LogP contribution in [0, 0.1) is 6.92 Å². The maximum absolute atomic E-state index is 13.3. The molecule has 8 heteroatoms. The van der Waals surface area contributed by atoms with Gasteiger partial charge in [0.25, 0.3) is 0 Å². The lowest BCUT2D eigenvalue weighted by atomic mass is 9.96. The minimum atomic E-state index is -4.39. The van der Waals surface area contributed by atoms with Crippen molar-refractivity contribution in [3.63, 3.8) is 0 Å². The zero-order valence-electron chi connectivity index (χ0n) is 16.3. The van der Waals surface area contributed by atoms with Gasteiger partial charge < -0.3 is 15.0 Å². The van der Waals surface area contributed by atoms with E-state index in [0.29, 0.717) is 29.7 Å². The number of nitrogens with zero attached hydrogens (tertiary/aromatic N) is 3. The van der Waals surface area contributed by atoms with Crippen molar-refractivity contribution in [2.75, 3.05) is 25.1 Å². The summed E-state index contributed by atoms with van der Waals surface area (Å²) in [6.45, 7) is 4.72. The monoisotopic (exact) mass is 402 g/mol. The molecule has 2 aromatic rings. The van der Waals surface area contributed by atoms with Crippen LogP contribution < -0.4 is 15.0 Å². The van der Waals surface area contributed by atoms with Gasteiger partial charge in [0, 0.05) is 12.1 Å². The van der Waals surface area contributed by atoms with Crippen LogP contribution in [0.15, 0.2) is 46.4 Å². The molecule has 0 saturated heterocycles. The van der Waals surface area contributed by atoms with Crippen LogP contribution in [0.1, 0.15) is 35.2 Å². The van der Waals surface area contributed by atoms with Crippen molar-refractivity contribution in [1.82, 2.24) is 5.32 Å². The van der Waals surface area contributed by atoms with Crippen LogP contribution in [0.5, 0.6) is 5.75 Å². The van der Waals surface area contributed by atoms with E-state index in [1.807, 2.05) is 30.0 Å². The quantitative estimate of drug-likeness (QED) is 0.832. The van der Waals surface area contributed by atoms with Crippen molar-refractivity contribution < 1.29 is 17.9 Å². The molecule has 2 aromatic carbocycles. The Labute approximate surface area is 166 Å². The average Bonchev–Trinajstić information content (AvgIpc) is 3.15. The van der Waals surface area contributed by atoms with Crippen molar-refractivity contribution in [3.05, 3.63) is 58.7 Å². The SMILES string of the molecule is COc1ccc2c(c1)C(NC(C)c1cccc(C(F)(F)F)c1C)=NC1=NCCN12. The first-order valence-electron chi connectivity index (χ1n) is 9.32. The van der Waals surface area contributed by atoms with Gasteiger partial charge in [0.2, 0.25) is 5.96 Å². The summed E-state index contributed by atoms with van der Waals surface area (Å²) in [6.07, 6.45) is -4.39. The van der Waals surface area contributed by atoms with E-state index in [-0.39, 0.29) is 11.6 Å². The summed E-state index contributed by atoms with van der Waals surface area (Å²) >= 11 is 0. The Morgan fingerprint density at radius 2 is 2.00 bits per heavy atom. The summed E-state index contributed by atoms with van der Waals surface area (Å²) < 4.78 is 45.2. The van der Waals surface area contributed by atoms with Gasteiger partial charge in [0.15, 0.2) is 0 Å². The molecule has 4 rings (SSSR count). The summed E-state index contributed by atoms with van der Waals surface area (Å²) in [4.78, 5) is 11.1. The fraction of sp³-hybridized carbons (Fsp3) is 0.333. The highest BCUT2D eigenvalue weighted by molar-refractivity contribution is 6.18. The number of alkyl halides is 3. The number of ether oxygens (including phenoxy) is 1. The minimum absolute atomic E-state index is 0.210. The largest absolute Gasteiger partial charge is 0.497 e. The van der Waals surface area contributed by atoms with E-state index in [2.05, 4.69) is 15.3 Å². The molecular formula is C21H21F3N4O. The van der Waals surface area contributed by atoms with Crippen LogP contribution in [0.25, 0.3) is 0 Å². The van der Waals surface area contributed by atoms with Crippen LogP contribution in [0.3, 0.4) is 0 Å². The number of anilines is 1. The van der Waals surface area contributed by atoms with Crippen molar-refractivity contribution in [2.24, 2.45) is 9.98 Å². The normalized spacial score (nSPS) is 16.6. The molecule has 0 amide bonds. The molecule has 2 aliphatic heterocycles. The zero-order valence-corrected chi connectivity index (χ0v) is 16.3. The molecule has 0 aliphatic carbocycles. The predicted octanol–water partition coefficient (Wildman–Crippen LogP) is 4.31. The Bertz CT molecular complexity index is 1010. The first kappa shape index (κ1) is 19.3. The van der Waals surface area contributed by atoms with Gasteiger partial charge in [-0.2, -0.15) is 18.2 Å². The molecule has 2 heterocycles. The second kappa shape index (κ2) is 7.09. The first-order chi connectivity index (χ1) is 13.8. The molecular weight excluding hydrogens is 381 g/mol. The number of halogens is 3. The molecule has 152 valence electrons. The molecule has 29 heavy (non-hydrogen) atoms. The molecule has 0 radical (unpaired) electrons. The van der Waals surface area contributed by atoms with E-state index >= 15 is 0 Å². The Morgan fingerprint density at radius 3 is 2.72 bits per heavy atom. The van der Waals surface area contributed by atoms with Gasteiger partial charge in [-0.1, -0.05) is 12.1 Å². The van der Waals surface area contributed by atoms with Gasteiger partial charge in [-0.15, -0.1) is 0 Å². The van der Waals surface area contributed by atoms with Crippen LogP contribution in [0.2, 0.25) is 0 Å². The van der Waals surface area contributed by atoms with E-state index in [0.717, 1.165) is 23.9 Å². The second-order valence-electron chi connectivity index (χ2n) is 7.06. The number of rotatable bonds is 3. The number of fused-ring (bicyclic) bond motifs is 3. The fourth-order valence-corrected chi connectivity index (χ4v) is 3.81. The third kappa shape index (κ3) is 3.43. The van der Waals surface area contributed by atoms with Crippen LogP contribution >= 0.6 is 0 Å². The number of hydrogen-bond acceptors (Lipinski definition) is 5. The Kier molecular flexibility index (Phi) is 4.72.